The van der Waals surface area contributed by atoms with E-state index in [2.05, 4.69) is 29.6 Å². The minimum absolute atomic E-state index is 0.108. The Morgan fingerprint density at radius 1 is 1.04 bits per heavy atom. The van der Waals surface area contributed by atoms with Crippen LogP contribution in [-0.2, 0) is 9.59 Å². The van der Waals surface area contributed by atoms with Gasteiger partial charge in [-0.1, -0.05) is 60.7 Å². The van der Waals surface area contributed by atoms with Crippen LogP contribution in [0.15, 0.2) is 60.7 Å². The van der Waals surface area contributed by atoms with Gasteiger partial charge in [-0.05, 0) is 36.9 Å². The highest BCUT2D eigenvalue weighted by Gasteiger charge is 2.31. The first-order valence-corrected chi connectivity index (χ1v) is 9.48. The summed E-state index contributed by atoms with van der Waals surface area (Å²) in [6.45, 7) is 1.37. The maximum Gasteiger partial charge on any atom is 0.320 e. The van der Waals surface area contributed by atoms with Crippen molar-refractivity contribution in [3.05, 3.63) is 71.8 Å². The zero-order chi connectivity index (χ0) is 19.1. The Morgan fingerprint density at radius 3 is 2.19 bits per heavy atom. The molecule has 2 aromatic carbocycles. The highest BCUT2D eigenvalue weighted by Crippen LogP contribution is 2.27. The zero-order valence-electron chi connectivity index (χ0n) is 15.4. The normalized spacial score (nSPS) is 17.1. The van der Waals surface area contributed by atoms with Crippen molar-refractivity contribution < 1.29 is 14.7 Å². The summed E-state index contributed by atoms with van der Waals surface area (Å²) >= 11 is 0. The van der Waals surface area contributed by atoms with E-state index in [4.69, 9.17) is 0 Å². The number of rotatable bonds is 8. The number of nitrogens with one attached hydrogen (secondary N) is 1. The molecule has 0 radical (unpaired) electrons. The number of likely N-dealkylation sites (tertiary alicyclic amines) is 1. The number of hydrogen-bond donors (Lipinski definition) is 2. The molecule has 0 saturated carbocycles. The van der Waals surface area contributed by atoms with Crippen LogP contribution in [-0.4, -0.2) is 47.6 Å². The van der Waals surface area contributed by atoms with Crippen LogP contribution >= 0.6 is 0 Å². The minimum Gasteiger partial charge on any atom is -0.480 e. The predicted molar refractivity (Wildman–Crippen MR) is 105 cm³/mol. The van der Waals surface area contributed by atoms with E-state index in [1.165, 1.54) is 11.1 Å². The molecule has 142 valence electrons. The lowest BCUT2D eigenvalue weighted by atomic mass is 9.88. The van der Waals surface area contributed by atoms with E-state index in [0.29, 0.717) is 19.5 Å². The van der Waals surface area contributed by atoms with Gasteiger partial charge in [0.25, 0.3) is 0 Å². The Balaban J connectivity index is 1.56. The fraction of sp³-hybridized carbons (Fsp3) is 0.364. The van der Waals surface area contributed by atoms with Gasteiger partial charge in [-0.15, -0.1) is 0 Å². The molecule has 1 aliphatic rings. The molecular weight excluding hydrogens is 340 g/mol. The number of benzene rings is 2. The summed E-state index contributed by atoms with van der Waals surface area (Å²) in [4.78, 5) is 25.3. The van der Waals surface area contributed by atoms with Crippen LogP contribution < -0.4 is 5.32 Å². The molecule has 1 fully saturated rings. The monoisotopic (exact) mass is 366 g/mol. The van der Waals surface area contributed by atoms with Gasteiger partial charge in [0.2, 0.25) is 5.91 Å². The van der Waals surface area contributed by atoms with Gasteiger partial charge in [0, 0.05) is 12.5 Å². The molecule has 5 nitrogen and oxygen atoms in total. The van der Waals surface area contributed by atoms with Gasteiger partial charge in [0.15, 0.2) is 0 Å². The minimum atomic E-state index is -0.839. The third kappa shape index (κ3) is 5.17. The highest BCUT2D eigenvalue weighted by atomic mass is 16.4. The molecule has 0 bridgehead atoms. The van der Waals surface area contributed by atoms with Crippen molar-refractivity contribution in [1.82, 2.24) is 10.2 Å². The second-order valence-corrected chi connectivity index (χ2v) is 6.98. The number of carboxylic acids is 1. The third-order valence-corrected chi connectivity index (χ3v) is 5.15. The van der Waals surface area contributed by atoms with Gasteiger partial charge in [0.05, 0.1) is 6.54 Å². The number of carbonyl (C=O) groups is 2. The molecule has 0 aliphatic carbocycles. The molecule has 1 aliphatic heterocycles. The lowest BCUT2D eigenvalue weighted by Crippen LogP contribution is -2.43. The average Bonchev–Trinajstić information content (AvgIpc) is 3.15. The molecule has 0 spiro atoms. The molecule has 3 rings (SSSR count). The Kier molecular flexibility index (Phi) is 6.60. The smallest absolute Gasteiger partial charge is 0.320 e. The van der Waals surface area contributed by atoms with Crippen molar-refractivity contribution in [3.63, 3.8) is 0 Å². The van der Waals surface area contributed by atoms with Gasteiger partial charge in [-0.3, -0.25) is 14.5 Å². The summed E-state index contributed by atoms with van der Waals surface area (Å²) < 4.78 is 0. The molecule has 2 N–H and O–H groups in total. The van der Waals surface area contributed by atoms with Crippen molar-refractivity contribution in [1.29, 1.82) is 0 Å². The lowest BCUT2D eigenvalue weighted by molar-refractivity contribution is -0.142. The predicted octanol–water partition coefficient (Wildman–Crippen LogP) is 2.87. The first-order valence-electron chi connectivity index (χ1n) is 9.48. The quantitative estimate of drug-likeness (QED) is 0.754. The molecule has 2 aromatic rings. The molecule has 1 heterocycles. The number of nitrogens with zero attached hydrogens (tertiary/aromatic N) is 1. The molecule has 5 heteroatoms. The second-order valence-electron chi connectivity index (χ2n) is 6.98. The van der Waals surface area contributed by atoms with Crippen LogP contribution in [0.1, 0.15) is 36.3 Å². The van der Waals surface area contributed by atoms with E-state index in [0.717, 1.165) is 12.8 Å². The highest BCUT2D eigenvalue weighted by molar-refractivity contribution is 5.80. The number of hydrogen-bond acceptors (Lipinski definition) is 3. The largest absolute Gasteiger partial charge is 0.480 e. The van der Waals surface area contributed by atoms with E-state index in [-0.39, 0.29) is 18.4 Å². The average molecular weight is 366 g/mol. The summed E-state index contributed by atoms with van der Waals surface area (Å²) in [6, 6.07) is 20.0. The van der Waals surface area contributed by atoms with E-state index in [1.807, 2.05) is 36.4 Å². The molecule has 1 unspecified atom stereocenters. The van der Waals surface area contributed by atoms with Crippen LogP contribution in [0.5, 0.6) is 0 Å². The summed E-state index contributed by atoms with van der Waals surface area (Å²) in [5.74, 6) is -0.734. The number of aliphatic carboxylic acids is 1. The second kappa shape index (κ2) is 9.33. The molecule has 1 amide bonds. The SMILES string of the molecule is O=C(CN1CCCC1C(=O)O)NCCC(c1ccccc1)c1ccccc1. The standard InChI is InChI=1S/C22H26N2O3/c25-21(16-24-15-7-12-20(24)22(26)27)23-14-13-19(17-8-3-1-4-9-17)18-10-5-2-6-11-18/h1-6,8-11,19-20H,7,12-16H2,(H,23,25)(H,26,27). The Morgan fingerprint density at radius 2 is 1.63 bits per heavy atom. The summed E-state index contributed by atoms with van der Waals surface area (Å²) in [7, 11) is 0. The molecular formula is C22H26N2O3. The van der Waals surface area contributed by atoms with Crippen LogP contribution in [0, 0.1) is 0 Å². The molecule has 1 saturated heterocycles. The van der Waals surface area contributed by atoms with Gasteiger partial charge in [-0.25, -0.2) is 0 Å². The van der Waals surface area contributed by atoms with Crippen molar-refractivity contribution >= 4 is 11.9 Å². The number of carboxylic acid groups (broad SMARTS) is 1. The van der Waals surface area contributed by atoms with Crippen LogP contribution in [0.2, 0.25) is 0 Å². The first-order chi connectivity index (χ1) is 13.1. The third-order valence-electron chi connectivity index (χ3n) is 5.15. The van der Waals surface area contributed by atoms with Gasteiger partial charge < -0.3 is 10.4 Å². The molecule has 27 heavy (non-hydrogen) atoms. The summed E-state index contributed by atoms with van der Waals surface area (Å²) in [6.07, 6.45) is 2.24. The fourth-order valence-corrected chi connectivity index (χ4v) is 3.79. The van der Waals surface area contributed by atoms with E-state index >= 15 is 0 Å². The van der Waals surface area contributed by atoms with Crippen LogP contribution in [0.25, 0.3) is 0 Å². The molecule has 0 aromatic heterocycles. The topological polar surface area (TPSA) is 69.6 Å². The van der Waals surface area contributed by atoms with Crippen LogP contribution in [0.3, 0.4) is 0 Å². The number of amides is 1. The van der Waals surface area contributed by atoms with E-state index in [1.54, 1.807) is 4.90 Å². The van der Waals surface area contributed by atoms with Crippen molar-refractivity contribution in [2.45, 2.75) is 31.2 Å². The maximum absolute atomic E-state index is 12.3. The summed E-state index contributed by atoms with van der Waals surface area (Å²) in [5, 5.41) is 12.2. The first kappa shape index (κ1) is 19.1. The summed E-state index contributed by atoms with van der Waals surface area (Å²) in [5.41, 5.74) is 2.45. The van der Waals surface area contributed by atoms with E-state index < -0.39 is 12.0 Å². The Hall–Kier alpha value is -2.66. The van der Waals surface area contributed by atoms with Crippen molar-refractivity contribution in [3.8, 4) is 0 Å². The lowest BCUT2D eigenvalue weighted by Gasteiger charge is -2.21. The van der Waals surface area contributed by atoms with Crippen molar-refractivity contribution in [2.24, 2.45) is 0 Å². The number of carbonyl (C=O) groups excluding carboxylic acids is 1. The fourth-order valence-electron chi connectivity index (χ4n) is 3.79. The van der Waals surface area contributed by atoms with Crippen LogP contribution in [0.4, 0.5) is 0 Å². The van der Waals surface area contributed by atoms with Gasteiger partial charge >= 0.3 is 5.97 Å². The van der Waals surface area contributed by atoms with E-state index in [9.17, 15) is 14.7 Å². The molecule has 1 atom stereocenters. The Labute approximate surface area is 160 Å². The maximum atomic E-state index is 12.3. The Bertz CT molecular complexity index is 709. The zero-order valence-corrected chi connectivity index (χ0v) is 15.4. The van der Waals surface area contributed by atoms with Gasteiger partial charge in [-0.2, -0.15) is 0 Å². The van der Waals surface area contributed by atoms with Crippen molar-refractivity contribution in [2.75, 3.05) is 19.6 Å². The van der Waals surface area contributed by atoms with Gasteiger partial charge in [0.1, 0.15) is 6.04 Å².